The van der Waals surface area contributed by atoms with E-state index in [0.717, 1.165) is 42.7 Å². The van der Waals surface area contributed by atoms with Crippen molar-refractivity contribution in [3.8, 4) is 11.5 Å². The van der Waals surface area contributed by atoms with Crippen LogP contribution in [0.25, 0.3) is 0 Å². The highest BCUT2D eigenvalue weighted by atomic mass is 32.2. The second kappa shape index (κ2) is 8.97. The Hall–Kier alpha value is -2.05. The Kier molecular flexibility index (Phi) is 6.62. The molecule has 1 saturated carbocycles. The summed E-state index contributed by atoms with van der Waals surface area (Å²) < 4.78 is 38.5. The lowest BCUT2D eigenvalue weighted by molar-refractivity contribution is 0.410. The molecule has 152 valence electrons. The van der Waals surface area contributed by atoms with E-state index < -0.39 is 10.0 Å². The minimum atomic E-state index is -3.35. The van der Waals surface area contributed by atoms with Gasteiger partial charge < -0.3 is 9.47 Å². The molecule has 0 saturated heterocycles. The molecule has 0 spiro atoms. The summed E-state index contributed by atoms with van der Waals surface area (Å²) in [7, 11) is -0.0816. The highest BCUT2D eigenvalue weighted by molar-refractivity contribution is 7.89. The summed E-state index contributed by atoms with van der Waals surface area (Å²) in [6, 6.07) is 15.6. The molecule has 0 bridgehead atoms. The summed E-state index contributed by atoms with van der Waals surface area (Å²) >= 11 is 0. The van der Waals surface area contributed by atoms with E-state index in [2.05, 4.69) is 16.9 Å². The van der Waals surface area contributed by atoms with Crippen molar-refractivity contribution in [1.82, 2.24) is 4.72 Å². The van der Waals surface area contributed by atoms with Gasteiger partial charge in [0.25, 0.3) is 0 Å². The van der Waals surface area contributed by atoms with E-state index in [1.54, 1.807) is 14.2 Å². The van der Waals surface area contributed by atoms with Crippen molar-refractivity contribution in [3.05, 3.63) is 59.7 Å². The average Bonchev–Trinajstić information content (AvgIpc) is 3.22. The minimum absolute atomic E-state index is 0.0814. The van der Waals surface area contributed by atoms with Crippen LogP contribution in [0.1, 0.15) is 36.8 Å². The first kappa shape index (κ1) is 20.7. The van der Waals surface area contributed by atoms with E-state index in [1.807, 2.05) is 36.4 Å². The van der Waals surface area contributed by atoms with Crippen LogP contribution >= 0.6 is 0 Å². The van der Waals surface area contributed by atoms with E-state index in [-0.39, 0.29) is 11.2 Å². The van der Waals surface area contributed by atoms with Gasteiger partial charge in [-0.05, 0) is 54.7 Å². The van der Waals surface area contributed by atoms with Crippen LogP contribution < -0.4 is 14.2 Å². The first-order chi connectivity index (χ1) is 13.5. The van der Waals surface area contributed by atoms with Crippen molar-refractivity contribution < 1.29 is 17.9 Å². The number of aryl methyl sites for hydroxylation is 1. The molecule has 2 aromatic rings. The molecular formula is C22H29NO4S. The van der Waals surface area contributed by atoms with Gasteiger partial charge in [-0.15, -0.1) is 0 Å². The molecule has 1 aliphatic rings. The summed E-state index contributed by atoms with van der Waals surface area (Å²) in [4.78, 5) is 0. The maximum Gasteiger partial charge on any atom is 0.211 e. The van der Waals surface area contributed by atoms with Crippen molar-refractivity contribution in [2.45, 2.75) is 37.5 Å². The number of benzene rings is 2. The summed E-state index contributed by atoms with van der Waals surface area (Å²) in [5, 5.41) is 0. The molecule has 0 heterocycles. The molecule has 1 fully saturated rings. The molecule has 6 heteroatoms. The van der Waals surface area contributed by atoms with E-state index in [0.29, 0.717) is 13.0 Å². The Morgan fingerprint density at radius 3 is 1.96 bits per heavy atom. The molecule has 3 rings (SSSR count). The Balaban J connectivity index is 1.63. The van der Waals surface area contributed by atoms with Crippen molar-refractivity contribution in [3.63, 3.8) is 0 Å². The SMILES string of the molecule is COc1ccc(CCS(=O)(=O)NCC2(c3ccc(OC)cc3)CCCC2)cc1. The van der Waals surface area contributed by atoms with Gasteiger partial charge in [0.05, 0.1) is 20.0 Å². The van der Waals surface area contributed by atoms with Gasteiger partial charge in [0.2, 0.25) is 10.0 Å². The molecule has 0 aliphatic heterocycles. The van der Waals surface area contributed by atoms with Gasteiger partial charge in [-0.1, -0.05) is 37.1 Å². The molecule has 2 aromatic carbocycles. The van der Waals surface area contributed by atoms with Crippen molar-refractivity contribution in [1.29, 1.82) is 0 Å². The Bertz CT molecular complexity index is 854. The third-order valence-electron chi connectivity index (χ3n) is 5.71. The van der Waals surface area contributed by atoms with Crippen molar-refractivity contribution >= 4 is 10.0 Å². The van der Waals surface area contributed by atoms with E-state index in [9.17, 15) is 8.42 Å². The Morgan fingerprint density at radius 2 is 1.43 bits per heavy atom. The maximum atomic E-state index is 12.6. The van der Waals surface area contributed by atoms with Crippen LogP contribution in [0.5, 0.6) is 11.5 Å². The van der Waals surface area contributed by atoms with Gasteiger partial charge in [0.15, 0.2) is 0 Å². The van der Waals surface area contributed by atoms with E-state index in [1.165, 1.54) is 5.56 Å². The van der Waals surface area contributed by atoms with Crippen LogP contribution in [-0.4, -0.2) is 34.9 Å². The molecule has 0 atom stereocenters. The van der Waals surface area contributed by atoms with Crippen LogP contribution in [0, 0.1) is 0 Å². The van der Waals surface area contributed by atoms with E-state index in [4.69, 9.17) is 9.47 Å². The van der Waals surface area contributed by atoms with Crippen LogP contribution in [-0.2, 0) is 21.9 Å². The lowest BCUT2D eigenvalue weighted by Gasteiger charge is -2.30. The van der Waals surface area contributed by atoms with E-state index >= 15 is 0 Å². The highest BCUT2D eigenvalue weighted by Gasteiger charge is 2.36. The first-order valence-corrected chi connectivity index (χ1v) is 11.4. The number of ether oxygens (including phenoxy) is 2. The molecule has 1 N–H and O–H groups in total. The number of sulfonamides is 1. The predicted molar refractivity (Wildman–Crippen MR) is 112 cm³/mol. The summed E-state index contributed by atoms with van der Waals surface area (Å²) in [5.41, 5.74) is 2.04. The monoisotopic (exact) mass is 403 g/mol. The Labute approximate surface area is 168 Å². The smallest absolute Gasteiger partial charge is 0.211 e. The lowest BCUT2D eigenvalue weighted by atomic mass is 9.79. The van der Waals surface area contributed by atoms with Crippen LogP contribution in [0.3, 0.4) is 0 Å². The number of methoxy groups -OCH3 is 2. The summed E-state index contributed by atoms with van der Waals surface area (Å²) in [5.74, 6) is 1.67. The third-order valence-corrected chi connectivity index (χ3v) is 7.04. The molecule has 5 nitrogen and oxygen atoms in total. The van der Waals surface area contributed by atoms with Gasteiger partial charge in [0, 0.05) is 12.0 Å². The largest absolute Gasteiger partial charge is 0.497 e. The standard InChI is InChI=1S/C22H29NO4S/c1-26-20-9-5-18(6-10-20)13-16-28(24,25)23-17-22(14-3-4-15-22)19-7-11-21(27-2)12-8-19/h5-12,23H,3-4,13-17H2,1-2H3. The number of hydrogen-bond donors (Lipinski definition) is 1. The van der Waals surface area contributed by atoms with Gasteiger partial charge >= 0.3 is 0 Å². The number of nitrogens with one attached hydrogen (secondary N) is 1. The number of rotatable bonds is 9. The maximum absolute atomic E-state index is 12.6. The van der Waals surface area contributed by atoms with Crippen LogP contribution in [0.4, 0.5) is 0 Å². The fraction of sp³-hybridized carbons (Fsp3) is 0.455. The fourth-order valence-corrected chi connectivity index (χ4v) is 5.07. The van der Waals surface area contributed by atoms with Gasteiger partial charge in [-0.3, -0.25) is 0 Å². The Morgan fingerprint density at radius 1 is 0.893 bits per heavy atom. The number of hydrogen-bond acceptors (Lipinski definition) is 4. The minimum Gasteiger partial charge on any atom is -0.497 e. The normalized spacial score (nSPS) is 16.1. The molecule has 0 amide bonds. The highest BCUT2D eigenvalue weighted by Crippen LogP contribution is 2.41. The van der Waals surface area contributed by atoms with Crippen LogP contribution in [0.15, 0.2) is 48.5 Å². The van der Waals surface area contributed by atoms with Gasteiger partial charge in [-0.2, -0.15) is 0 Å². The fourth-order valence-electron chi connectivity index (χ4n) is 3.93. The third kappa shape index (κ3) is 5.06. The van der Waals surface area contributed by atoms with Crippen LogP contribution in [0.2, 0.25) is 0 Å². The first-order valence-electron chi connectivity index (χ1n) is 9.71. The van der Waals surface area contributed by atoms with Crippen molar-refractivity contribution in [2.24, 2.45) is 0 Å². The molecule has 0 aromatic heterocycles. The molecular weight excluding hydrogens is 374 g/mol. The zero-order valence-electron chi connectivity index (χ0n) is 16.6. The van der Waals surface area contributed by atoms with Gasteiger partial charge in [0.1, 0.15) is 11.5 Å². The zero-order chi connectivity index (χ0) is 20.0. The van der Waals surface area contributed by atoms with Gasteiger partial charge in [-0.25, -0.2) is 13.1 Å². The quantitative estimate of drug-likeness (QED) is 0.694. The summed E-state index contributed by atoms with van der Waals surface area (Å²) in [6.45, 7) is 0.449. The topological polar surface area (TPSA) is 64.6 Å². The average molecular weight is 404 g/mol. The van der Waals surface area contributed by atoms with Crippen molar-refractivity contribution in [2.75, 3.05) is 26.5 Å². The second-order valence-electron chi connectivity index (χ2n) is 7.45. The zero-order valence-corrected chi connectivity index (χ0v) is 17.4. The predicted octanol–water partition coefficient (Wildman–Crippen LogP) is 3.68. The molecule has 1 aliphatic carbocycles. The summed E-state index contributed by atoms with van der Waals surface area (Å²) in [6.07, 6.45) is 4.73. The second-order valence-corrected chi connectivity index (χ2v) is 9.38. The molecule has 28 heavy (non-hydrogen) atoms. The lowest BCUT2D eigenvalue weighted by Crippen LogP contribution is -2.40. The molecule has 0 unspecified atom stereocenters. The molecule has 0 radical (unpaired) electrons.